The van der Waals surface area contributed by atoms with Crippen LogP contribution in [0.15, 0.2) is 40.9 Å². The van der Waals surface area contributed by atoms with Crippen LogP contribution in [0.3, 0.4) is 0 Å². The third-order valence-electron chi connectivity index (χ3n) is 2.73. The number of para-hydroxylation sites is 1. The molecule has 3 aromatic rings. The molecule has 0 bridgehead atoms. The molecule has 2 N–H and O–H groups in total. The molecule has 1 amide bonds. The van der Waals surface area contributed by atoms with E-state index in [0.29, 0.717) is 11.3 Å². The maximum absolute atomic E-state index is 12.0. The summed E-state index contributed by atoms with van der Waals surface area (Å²) in [6.45, 7) is 1.83. The van der Waals surface area contributed by atoms with Crippen molar-refractivity contribution in [2.75, 3.05) is 5.32 Å². The first kappa shape index (κ1) is 10.6. The third-order valence-corrected chi connectivity index (χ3v) is 2.73. The fourth-order valence-corrected chi connectivity index (χ4v) is 1.75. The molecule has 0 aliphatic heterocycles. The van der Waals surface area contributed by atoms with E-state index in [1.54, 1.807) is 12.3 Å². The van der Waals surface area contributed by atoms with Crippen LogP contribution in [0, 0.1) is 6.92 Å². The molecular formula is C13H11N3O2. The van der Waals surface area contributed by atoms with E-state index in [4.69, 9.17) is 4.42 Å². The van der Waals surface area contributed by atoms with Crippen molar-refractivity contribution >= 4 is 22.6 Å². The number of furan rings is 1. The average Bonchev–Trinajstić information content (AvgIpc) is 2.96. The number of aromatic nitrogens is 2. The quantitative estimate of drug-likeness (QED) is 0.724. The van der Waals surface area contributed by atoms with Gasteiger partial charge in [0, 0.05) is 5.39 Å². The number of carbonyl (C=O) groups is 1. The number of carbonyl (C=O) groups excluding carboxylic acids is 1. The molecule has 5 nitrogen and oxygen atoms in total. The number of aromatic amines is 1. The Labute approximate surface area is 103 Å². The summed E-state index contributed by atoms with van der Waals surface area (Å²) in [4.78, 5) is 12.0. The summed E-state index contributed by atoms with van der Waals surface area (Å²) in [6.07, 6.45) is 1.57. The van der Waals surface area contributed by atoms with Crippen molar-refractivity contribution in [1.82, 2.24) is 10.2 Å². The molecule has 18 heavy (non-hydrogen) atoms. The van der Waals surface area contributed by atoms with E-state index in [1.807, 2.05) is 31.2 Å². The summed E-state index contributed by atoms with van der Waals surface area (Å²) >= 11 is 0. The van der Waals surface area contributed by atoms with Crippen LogP contribution in [-0.4, -0.2) is 16.1 Å². The topological polar surface area (TPSA) is 70.9 Å². The molecular weight excluding hydrogens is 230 g/mol. The number of benzene rings is 1. The Kier molecular flexibility index (Phi) is 2.37. The second-order valence-corrected chi connectivity index (χ2v) is 4.01. The minimum absolute atomic E-state index is 0.282. The maximum atomic E-state index is 12.0. The highest BCUT2D eigenvalue weighted by Crippen LogP contribution is 2.20. The zero-order valence-electron chi connectivity index (χ0n) is 9.73. The van der Waals surface area contributed by atoms with Crippen LogP contribution in [0.5, 0.6) is 0 Å². The van der Waals surface area contributed by atoms with Crippen LogP contribution in [-0.2, 0) is 0 Å². The molecule has 0 spiro atoms. The molecule has 0 aliphatic carbocycles. The van der Waals surface area contributed by atoms with E-state index in [2.05, 4.69) is 15.5 Å². The molecule has 5 heteroatoms. The number of H-pyrrole nitrogens is 1. The Morgan fingerprint density at radius 3 is 2.94 bits per heavy atom. The van der Waals surface area contributed by atoms with Crippen LogP contribution in [0.2, 0.25) is 0 Å². The lowest BCUT2D eigenvalue weighted by atomic mass is 10.2. The largest absolute Gasteiger partial charge is 0.451 e. The summed E-state index contributed by atoms with van der Waals surface area (Å²) in [7, 11) is 0. The number of anilines is 1. The van der Waals surface area contributed by atoms with Gasteiger partial charge < -0.3 is 9.73 Å². The zero-order chi connectivity index (χ0) is 12.5. The van der Waals surface area contributed by atoms with Gasteiger partial charge in [-0.25, -0.2) is 0 Å². The summed E-state index contributed by atoms with van der Waals surface area (Å²) in [5.74, 6) is 0.00694. The lowest BCUT2D eigenvalue weighted by Gasteiger charge is -1.99. The van der Waals surface area contributed by atoms with Crippen molar-refractivity contribution in [2.45, 2.75) is 6.92 Å². The lowest BCUT2D eigenvalue weighted by molar-refractivity contribution is 0.0998. The van der Waals surface area contributed by atoms with Crippen molar-refractivity contribution in [2.24, 2.45) is 0 Å². The number of rotatable bonds is 2. The average molecular weight is 241 g/mol. The van der Waals surface area contributed by atoms with Gasteiger partial charge in [-0.05, 0) is 19.1 Å². The number of nitrogens with one attached hydrogen (secondary N) is 2. The zero-order valence-corrected chi connectivity index (χ0v) is 9.73. The van der Waals surface area contributed by atoms with Crippen molar-refractivity contribution in [3.63, 3.8) is 0 Å². The summed E-state index contributed by atoms with van der Waals surface area (Å²) in [5, 5.41) is 10.2. The molecule has 0 aliphatic rings. The number of aryl methyl sites for hydroxylation is 1. The fourth-order valence-electron chi connectivity index (χ4n) is 1.75. The van der Waals surface area contributed by atoms with Crippen LogP contribution in [0.25, 0.3) is 11.0 Å². The van der Waals surface area contributed by atoms with Gasteiger partial charge in [0.2, 0.25) is 0 Å². The van der Waals surface area contributed by atoms with Crippen molar-refractivity contribution < 1.29 is 9.21 Å². The monoisotopic (exact) mass is 241 g/mol. The van der Waals surface area contributed by atoms with Crippen LogP contribution < -0.4 is 5.32 Å². The Hall–Kier alpha value is -2.56. The number of amides is 1. The molecule has 0 radical (unpaired) electrons. The molecule has 2 heterocycles. The highest BCUT2D eigenvalue weighted by Gasteiger charge is 2.13. The third kappa shape index (κ3) is 1.75. The lowest BCUT2D eigenvalue weighted by Crippen LogP contribution is -2.10. The van der Waals surface area contributed by atoms with Crippen molar-refractivity contribution in [3.05, 3.63) is 48.0 Å². The first-order chi connectivity index (χ1) is 8.74. The SMILES string of the molecule is Cc1[nH]ncc1NC(=O)c1cc2ccccc2o1. The minimum Gasteiger partial charge on any atom is -0.451 e. The van der Waals surface area contributed by atoms with Gasteiger partial charge in [-0.3, -0.25) is 9.89 Å². The Morgan fingerprint density at radius 1 is 1.39 bits per heavy atom. The molecule has 2 aromatic heterocycles. The van der Waals surface area contributed by atoms with Gasteiger partial charge in [0.05, 0.1) is 17.6 Å². The number of fused-ring (bicyclic) bond motifs is 1. The van der Waals surface area contributed by atoms with E-state index in [-0.39, 0.29) is 11.7 Å². The molecule has 0 fully saturated rings. The predicted octanol–water partition coefficient (Wildman–Crippen LogP) is 2.72. The van der Waals surface area contributed by atoms with Gasteiger partial charge in [-0.1, -0.05) is 18.2 Å². The fraction of sp³-hybridized carbons (Fsp3) is 0.0769. The molecule has 0 saturated heterocycles. The van der Waals surface area contributed by atoms with Crippen molar-refractivity contribution in [3.8, 4) is 0 Å². The minimum atomic E-state index is -0.282. The Balaban J connectivity index is 1.90. The normalized spacial score (nSPS) is 10.7. The number of hydrogen-bond acceptors (Lipinski definition) is 3. The van der Waals surface area contributed by atoms with Crippen LogP contribution in [0.4, 0.5) is 5.69 Å². The van der Waals surface area contributed by atoms with E-state index in [1.165, 1.54) is 0 Å². The smallest absolute Gasteiger partial charge is 0.291 e. The number of hydrogen-bond donors (Lipinski definition) is 2. The first-order valence-electron chi connectivity index (χ1n) is 5.54. The standard InChI is InChI=1S/C13H11N3O2/c1-8-10(7-14-16-8)15-13(17)12-6-9-4-2-3-5-11(9)18-12/h2-7H,1H3,(H,14,16)(H,15,17). The number of nitrogens with zero attached hydrogens (tertiary/aromatic N) is 1. The van der Waals surface area contributed by atoms with Gasteiger partial charge >= 0.3 is 0 Å². The van der Waals surface area contributed by atoms with E-state index in [0.717, 1.165) is 11.1 Å². The first-order valence-corrected chi connectivity index (χ1v) is 5.54. The van der Waals surface area contributed by atoms with E-state index >= 15 is 0 Å². The van der Waals surface area contributed by atoms with Gasteiger partial charge in [0.15, 0.2) is 5.76 Å². The van der Waals surface area contributed by atoms with Gasteiger partial charge in [-0.15, -0.1) is 0 Å². The van der Waals surface area contributed by atoms with Gasteiger partial charge in [-0.2, -0.15) is 5.10 Å². The van der Waals surface area contributed by atoms with E-state index < -0.39 is 0 Å². The van der Waals surface area contributed by atoms with Gasteiger partial charge in [0.25, 0.3) is 5.91 Å². The van der Waals surface area contributed by atoms with Crippen molar-refractivity contribution in [1.29, 1.82) is 0 Å². The molecule has 0 atom stereocenters. The highest BCUT2D eigenvalue weighted by molar-refractivity contribution is 6.04. The second-order valence-electron chi connectivity index (χ2n) is 4.01. The second kappa shape index (κ2) is 4.03. The summed E-state index contributed by atoms with van der Waals surface area (Å²) in [6, 6.07) is 9.22. The van der Waals surface area contributed by atoms with Gasteiger partial charge in [0.1, 0.15) is 5.58 Å². The molecule has 0 saturated carbocycles. The Morgan fingerprint density at radius 2 is 2.22 bits per heavy atom. The predicted molar refractivity (Wildman–Crippen MR) is 67.5 cm³/mol. The highest BCUT2D eigenvalue weighted by atomic mass is 16.3. The van der Waals surface area contributed by atoms with Crippen LogP contribution in [0.1, 0.15) is 16.2 Å². The maximum Gasteiger partial charge on any atom is 0.291 e. The summed E-state index contributed by atoms with van der Waals surface area (Å²) < 4.78 is 5.48. The molecule has 0 unspecified atom stereocenters. The molecule has 1 aromatic carbocycles. The van der Waals surface area contributed by atoms with Crippen LogP contribution >= 0.6 is 0 Å². The summed E-state index contributed by atoms with van der Waals surface area (Å²) in [5.41, 5.74) is 2.16. The molecule has 90 valence electrons. The van der Waals surface area contributed by atoms with E-state index in [9.17, 15) is 4.79 Å². The Bertz CT molecular complexity index is 679. The molecule has 3 rings (SSSR count).